The van der Waals surface area contributed by atoms with E-state index in [1.165, 1.54) is 89.9 Å². The summed E-state index contributed by atoms with van der Waals surface area (Å²) in [7, 11) is 0. The molecule has 2 nitrogen and oxygen atoms in total. The standard InChI is InChI=1S/C29H50O2/c1-5-6-7-8-9-10-11-12-13-14-15-16-17-18-19-20-21-27(30)28-25(4)22-23-26(24(2)3)29(28)31/h22-24,31H,5-21H2,1-4H3. The summed E-state index contributed by atoms with van der Waals surface area (Å²) in [5.74, 6) is 0.530. The number of hydrogen-bond acceptors (Lipinski definition) is 2. The van der Waals surface area contributed by atoms with Crippen LogP contribution in [0.25, 0.3) is 0 Å². The van der Waals surface area contributed by atoms with Gasteiger partial charge in [-0.25, -0.2) is 0 Å². The average molecular weight is 431 g/mol. The van der Waals surface area contributed by atoms with Gasteiger partial charge in [0.2, 0.25) is 0 Å². The SMILES string of the molecule is CCCCCCCCCCCCCCCCCCC(=O)c1c(C)ccc(C(C)C)c1O. The number of ketones is 1. The van der Waals surface area contributed by atoms with Gasteiger partial charge in [0.15, 0.2) is 5.78 Å². The van der Waals surface area contributed by atoms with Crippen LogP contribution in [0.5, 0.6) is 5.75 Å². The van der Waals surface area contributed by atoms with Gasteiger partial charge < -0.3 is 5.11 Å². The molecule has 0 spiro atoms. The summed E-state index contributed by atoms with van der Waals surface area (Å²) in [5.41, 5.74) is 2.32. The van der Waals surface area contributed by atoms with Crippen molar-refractivity contribution in [3.05, 3.63) is 28.8 Å². The fourth-order valence-corrected chi connectivity index (χ4v) is 4.48. The van der Waals surface area contributed by atoms with Crippen LogP contribution in [0, 0.1) is 6.92 Å². The van der Waals surface area contributed by atoms with Crippen molar-refractivity contribution in [2.45, 2.75) is 143 Å². The van der Waals surface area contributed by atoms with E-state index in [9.17, 15) is 9.90 Å². The third-order valence-corrected chi connectivity index (χ3v) is 6.58. The van der Waals surface area contributed by atoms with Gasteiger partial charge in [0, 0.05) is 6.42 Å². The van der Waals surface area contributed by atoms with Gasteiger partial charge in [0.05, 0.1) is 5.56 Å². The summed E-state index contributed by atoms with van der Waals surface area (Å²) in [6.07, 6.45) is 21.9. The van der Waals surface area contributed by atoms with Crippen molar-refractivity contribution in [2.24, 2.45) is 0 Å². The second-order valence-corrected chi connectivity index (χ2v) is 9.83. The first-order valence-corrected chi connectivity index (χ1v) is 13.3. The molecule has 0 fully saturated rings. The maximum Gasteiger partial charge on any atom is 0.166 e. The Morgan fingerprint density at radius 3 is 1.58 bits per heavy atom. The zero-order valence-electron chi connectivity index (χ0n) is 21.1. The molecule has 0 bridgehead atoms. The van der Waals surface area contributed by atoms with E-state index in [0.717, 1.165) is 24.0 Å². The van der Waals surface area contributed by atoms with Crippen LogP contribution < -0.4 is 0 Å². The molecule has 178 valence electrons. The molecule has 0 saturated heterocycles. The Hall–Kier alpha value is -1.31. The molecule has 2 heteroatoms. The number of benzene rings is 1. The van der Waals surface area contributed by atoms with E-state index >= 15 is 0 Å². The lowest BCUT2D eigenvalue weighted by molar-refractivity contribution is 0.0975. The Bertz CT molecular complexity index is 603. The zero-order valence-corrected chi connectivity index (χ0v) is 21.1. The number of carbonyl (C=O) groups excluding carboxylic acids is 1. The van der Waals surface area contributed by atoms with E-state index in [-0.39, 0.29) is 17.5 Å². The number of phenolic OH excluding ortho intramolecular Hbond substituents is 1. The predicted molar refractivity (Wildman–Crippen MR) is 135 cm³/mol. The number of unbranched alkanes of at least 4 members (excludes halogenated alkanes) is 15. The van der Waals surface area contributed by atoms with E-state index < -0.39 is 0 Å². The van der Waals surface area contributed by atoms with Gasteiger partial charge in [-0.05, 0) is 30.4 Å². The third kappa shape index (κ3) is 11.8. The van der Waals surface area contributed by atoms with Crippen molar-refractivity contribution >= 4 is 5.78 Å². The highest BCUT2D eigenvalue weighted by Gasteiger charge is 2.18. The molecule has 0 aliphatic carbocycles. The largest absolute Gasteiger partial charge is 0.507 e. The lowest BCUT2D eigenvalue weighted by atomic mass is 9.92. The first-order valence-electron chi connectivity index (χ1n) is 13.3. The molecular weight excluding hydrogens is 380 g/mol. The molecule has 1 aromatic rings. The minimum atomic E-state index is 0.0999. The van der Waals surface area contributed by atoms with Gasteiger partial charge in [0.1, 0.15) is 5.75 Å². The number of phenols is 1. The zero-order chi connectivity index (χ0) is 22.9. The molecule has 0 atom stereocenters. The fourth-order valence-electron chi connectivity index (χ4n) is 4.48. The number of rotatable bonds is 19. The molecule has 0 unspecified atom stereocenters. The fraction of sp³-hybridized carbons (Fsp3) is 0.759. The third-order valence-electron chi connectivity index (χ3n) is 6.58. The smallest absolute Gasteiger partial charge is 0.166 e. The van der Waals surface area contributed by atoms with Gasteiger partial charge in [-0.3, -0.25) is 4.79 Å². The van der Waals surface area contributed by atoms with Crippen molar-refractivity contribution in [1.29, 1.82) is 0 Å². The van der Waals surface area contributed by atoms with E-state index in [2.05, 4.69) is 6.92 Å². The first-order chi connectivity index (χ1) is 15.0. The molecule has 0 aromatic heterocycles. The summed E-state index contributed by atoms with van der Waals surface area (Å²) in [4.78, 5) is 12.6. The lowest BCUT2D eigenvalue weighted by Crippen LogP contribution is -2.05. The van der Waals surface area contributed by atoms with Crippen LogP contribution in [0.15, 0.2) is 12.1 Å². The molecule has 0 radical (unpaired) electrons. The van der Waals surface area contributed by atoms with Gasteiger partial charge >= 0.3 is 0 Å². The normalized spacial score (nSPS) is 11.4. The van der Waals surface area contributed by atoms with Crippen LogP contribution in [0.3, 0.4) is 0 Å². The Morgan fingerprint density at radius 2 is 1.16 bits per heavy atom. The lowest BCUT2D eigenvalue weighted by Gasteiger charge is -2.14. The summed E-state index contributed by atoms with van der Waals surface area (Å²) in [5, 5.41) is 10.5. The molecule has 31 heavy (non-hydrogen) atoms. The van der Waals surface area contributed by atoms with Gasteiger partial charge in [-0.2, -0.15) is 0 Å². The summed E-state index contributed by atoms with van der Waals surface area (Å²) >= 11 is 0. The highest BCUT2D eigenvalue weighted by molar-refractivity contribution is 6.00. The van der Waals surface area contributed by atoms with Crippen LogP contribution in [-0.4, -0.2) is 10.9 Å². The maximum atomic E-state index is 12.6. The molecule has 0 aliphatic heterocycles. The number of aryl methyl sites for hydroxylation is 1. The molecule has 1 N–H and O–H groups in total. The number of carbonyl (C=O) groups is 1. The van der Waals surface area contributed by atoms with Crippen LogP contribution >= 0.6 is 0 Å². The molecule has 1 rings (SSSR count). The molecule has 0 amide bonds. The van der Waals surface area contributed by atoms with Crippen molar-refractivity contribution in [3.8, 4) is 5.75 Å². The Morgan fingerprint density at radius 1 is 0.742 bits per heavy atom. The molecule has 1 aromatic carbocycles. The quantitative estimate of drug-likeness (QED) is 0.175. The van der Waals surface area contributed by atoms with Gasteiger partial charge in [-0.15, -0.1) is 0 Å². The molecular formula is C29H50O2. The second kappa shape index (κ2) is 17.3. The minimum Gasteiger partial charge on any atom is -0.507 e. The summed E-state index contributed by atoms with van der Waals surface area (Å²) < 4.78 is 0. The summed E-state index contributed by atoms with van der Waals surface area (Å²) in [6.45, 7) is 8.30. The number of Topliss-reactive ketones (excluding diaryl/α,β-unsaturated/α-hetero) is 1. The molecule has 0 saturated carbocycles. The Labute approximate surface area is 193 Å². The highest BCUT2D eigenvalue weighted by atomic mass is 16.3. The van der Waals surface area contributed by atoms with Crippen molar-refractivity contribution in [3.63, 3.8) is 0 Å². The monoisotopic (exact) mass is 430 g/mol. The van der Waals surface area contributed by atoms with E-state index in [1.54, 1.807) is 0 Å². The minimum absolute atomic E-state index is 0.0999. The second-order valence-electron chi connectivity index (χ2n) is 9.83. The topological polar surface area (TPSA) is 37.3 Å². The Kier molecular flexibility index (Phi) is 15.4. The van der Waals surface area contributed by atoms with Gasteiger partial charge in [0.25, 0.3) is 0 Å². The van der Waals surface area contributed by atoms with Crippen molar-refractivity contribution in [1.82, 2.24) is 0 Å². The van der Waals surface area contributed by atoms with Crippen molar-refractivity contribution < 1.29 is 9.90 Å². The average Bonchev–Trinajstić information content (AvgIpc) is 2.73. The van der Waals surface area contributed by atoms with E-state index in [0.29, 0.717) is 12.0 Å². The van der Waals surface area contributed by atoms with Crippen LogP contribution in [0.4, 0.5) is 0 Å². The first kappa shape index (κ1) is 27.7. The van der Waals surface area contributed by atoms with E-state index in [1.807, 2.05) is 32.9 Å². The van der Waals surface area contributed by atoms with E-state index in [4.69, 9.17) is 0 Å². The van der Waals surface area contributed by atoms with Crippen LogP contribution in [-0.2, 0) is 0 Å². The molecule has 0 aliphatic rings. The summed E-state index contributed by atoms with van der Waals surface area (Å²) in [6, 6.07) is 3.91. The molecule has 0 heterocycles. The maximum absolute atomic E-state index is 12.6. The van der Waals surface area contributed by atoms with Gasteiger partial charge in [-0.1, -0.05) is 129 Å². The Balaban J connectivity index is 2.03. The number of hydrogen-bond donors (Lipinski definition) is 1. The van der Waals surface area contributed by atoms with Crippen molar-refractivity contribution in [2.75, 3.05) is 0 Å². The van der Waals surface area contributed by atoms with Crippen LogP contribution in [0.1, 0.15) is 157 Å². The number of aromatic hydroxyl groups is 1. The predicted octanol–water partition coefficient (Wildman–Crippen LogP) is 9.66. The highest BCUT2D eigenvalue weighted by Crippen LogP contribution is 2.32. The van der Waals surface area contributed by atoms with Crippen LogP contribution in [0.2, 0.25) is 0 Å².